The van der Waals surface area contributed by atoms with Gasteiger partial charge in [0, 0.05) is 57.3 Å². The summed E-state index contributed by atoms with van der Waals surface area (Å²) in [4.78, 5) is 36.4. The molecular formula is C18H27N5O4. The summed E-state index contributed by atoms with van der Waals surface area (Å²) in [6.07, 6.45) is 5.09. The number of carbonyl (C=O) groups excluding carboxylic acids is 2. The van der Waals surface area contributed by atoms with E-state index < -0.39 is 0 Å². The number of amides is 1. The Labute approximate surface area is 159 Å². The molecule has 9 heteroatoms. The van der Waals surface area contributed by atoms with E-state index in [2.05, 4.69) is 20.2 Å². The van der Waals surface area contributed by atoms with E-state index in [1.165, 1.54) is 0 Å². The van der Waals surface area contributed by atoms with Gasteiger partial charge in [-0.15, -0.1) is 0 Å². The molecule has 3 heterocycles. The molecule has 1 amide bonds. The molecule has 2 aliphatic rings. The van der Waals surface area contributed by atoms with Crippen LogP contribution in [0, 0.1) is 0 Å². The largest absolute Gasteiger partial charge is 0.465 e. The minimum atomic E-state index is -0.333. The molecular weight excluding hydrogens is 350 g/mol. The summed E-state index contributed by atoms with van der Waals surface area (Å²) in [5, 5.41) is 2.84. The smallest absolute Gasteiger partial charge is 0.325 e. The van der Waals surface area contributed by atoms with Gasteiger partial charge < -0.3 is 19.7 Å². The van der Waals surface area contributed by atoms with Crippen LogP contribution in [0.15, 0.2) is 12.4 Å². The number of carbonyl (C=O) groups is 2. The van der Waals surface area contributed by atoms with Gasteiger partial charge in [-0.1, -0.05) is 0 Å². The summed E-state index contributed by atoms with van der Waals surface area (Å²) in [5.74, 6) is 0.201. The molecule has 1 aromatic heterocycles. The van der Waals surface area contributed by atoms with Gasteiger partial charge in [-0.25, -0.2) is 9.97 Å². The van der Waals surface area contributed by atoms with Crippen LogP contribution in [0.2, 0.25) is 0 Å². The van der Waals surface area contributed by atoms with Gasteiger partial charge in [0.25, 0.3) is 5.91 Å². The molecule has 3 rings (SSSR count). The monoisotopic (exact) mass is 377 g/mol. The molecule has 1 N–H and O–H groups in total. The van der Waals surface area contributed by atoms with Crippen molar-refractivity contribution in [3.63, 3.8) is 0 Å². The van der Waals surface area contributed by atoms with E-state index in [1.807, 2.05) is 4.90 Å². The Balaban J connectivity index is 1.41. The quantitative estimate of drug-likeness (QED) is 0.677. The highest BCUT2D eigenvalue weighted by atomic mass is 16.5. The Bertz CT molecular complexity index is 625. The van der Waals surface area contributed by atoms with Gasteiger partial charge in [0.05, 0.1) is 6.61 Å². The summed E-state index contributed by atoms with van der Waals surface area (Å²) < 4.78 is 10.3. The Morgan fingerprint density at radius 2 is 2.00 bits per heavy atom. The molecule has 9 nitrogen and oxygen atoms in total. The van der Waals surface area contributed by atoms with Crippen LogP contribution in [-0.4, -0.2) is 83.7 Å². The van der Waals surface area contributed by atoms with E-state index in [0.717, 1.165) is 51.1 Å². The van der Waals surface area contributed by atoms with Crippen molar-refractivity contribution in [1.29, 1.82) is 0 Å². The van der Waals surface area contributed by atoms with Crippen molar-refractivity contribution < 1.29 is 19.1 Å². The summed E-state index contributed by atoms with van der Waals surface area (Å²) >= 11 is 0. The fourth-order valence-electron chi connectivity index (χ4n) is 3.25. The highest BCUT2D eigenvalue weighted by molar-refractivity contribution is 5.81. The van der Waals surface area contributed by atoms with Crippen LogP contribution < -0.4 is 5.32 Å². The molecule has 2 aliphatic heterocycles. The molecule has 1 aromatic rings. The number of piperazine rings is 1. The molecule has 0 aliphatic carbocycles. The molecule has 2 saturated heterocycles. The van der Waals surface area contributed by atoms with Crippen LogP contribution in [0.5, 0.6) is 0 Å². The van der Waals surface area contributed by atoms with Crippen molar-refractivity contribution in [3.8, 4) is 0 Å². The second-order valence-electron chi connectivity index (χ2n) is 6.68. The third-order valence-electron chi connectivity index (χ3n) is 4.70. The highest BCUT2D eigenvalue weighted by Gasteiger charge is 2.30. The number of hydrogen-bond acceptors (Lipinski definition) is 8. The molecule has 0 aromatic carbocycles. The SMILES string of the molecule is CCOC(=O)CNc1ncc(CN2CCN(C(=O)[C@H]3CCCO3)CC2)cn1. The second-order valence-corrected chi connectivity index (χ2v) is 6.68. The summed E-state index contributed by atoms with van der Waals surface area (Å²) in [6, 6.07) is 0. The van der Waals surface area contributed by atoms with Crippen LogP contribution in [0.1, 0.15) is 25.3 Å². The first-order valence-electron chi connectivity index (χ1n) is 9.49. The van der Waals surface area contributed by atoms with Gasteiger partial charge in [-0.2, -0.15) is 0 Å². The fourth-order valence-corrected chi connectivity index (χ4v) is 3.25. The van der Waals surface area contributed by atoms with E-state index >= 15 is 0 Å². The minimum Gasteiger partial charge on any atom is -0.465 e. The maximum atomic E-state index is 12.4. The number of hydrogen-bond donors (Lipinski definition) is 1. The van der Waals surface area contributed by atoms with Gasteiger partial charge in [0.15, 0.2) is 0 Å². The predicted molar refractivity (Wildman–Crippen MR) is 98.0 cm³/mol. The molecule has 0 spiro atoms. The lowest BCUT2D eigenvalue weighted by atomic mass is 10.2. The zero-order chi connectivity index (χ0) is 19.1. The summed E-state index contributed by atoms with van der Waals surface area (Å²) in [7, 11) is 0. The second kappa shape index (κ2) is 9.61. The third kappa shape index (κ3) is 5.61. The van der Waals surface area contributed by atoms with Crippen LogP contribution >= 0.6 is 0 Å². The molecule has 0 saturated carbocycles. The maximum Gasteiger partial charge on any atom is 0.325 e. The Kier molecular flexibility index (Phi) is 6.94. The topological polar surface area (TPSA) is 96.9 Å². The molecule has 0 radical (unpaired) electrons. The van der Waals surface area contributed by atoms with Crippen LogP contribution in [0.3, 0.4) is 0 Å². The van der Waals surface area contributed by atoms with Crippen molar-refractivity contribution in [2.45, 2.75) is 32.4 Å². The number of rotatable bonds is 7. The van der Waals surface area contributed by atoms with Crippen molar-refractivity contribution >= 4 is 17.8 Å². The molecule has 148 valence electrons. The molecule has 0 bridgehead atoms. The summed E-state index contributed by atoms with van der Waals surface area (Å²) in [6.45, 7) is 6.68. The highest BCUT2D eigenvalue weighted by Crippen LogP contribution is 2.16. The number of anilines is 1. The van der Waals surface area contributed by atoms with E-state index in [9.17, 15) is 9.59 Å². The average molecular weight is 377 g/mol. The molecule has 27 heavy (non-hydrogen) atoms. The number of ether oxygens (including phenoxy) is 2. The first-order valence-corrected chi connectivity index (χ1v) is 9.49. The van der Waals surface area contributed by atoms with E-state index in [0.29, 0.717) is 19.2 Å². The first-order chi connectivity index (χ1) is 13.2. The minimum absolute atomic E-state index is 0.0495. The van der Waals surface area contributed by atoms with Crippen molar-refractivity contribution in [3.05, 3.63) is 18.0 Å². The standard InChI is InChI=1S/C18H27N5O4/c1-2-26-16(24)12-21-18-19-10-14(11-20-18)13-22-5-7-23(8-6-22)17(25)15-4-3-9-27-15/h10-11,15H,2-9,12-13H2,1H3,(H,19,20,21)/t15-/m1/s1. The lowest BCUT2D eigenvalue weighted by Gasteiger charge is -2.35. The number of aromatic nitrogens is 2. The maximum absolute atomic E-state index is 12.4. The van der Waals surface area contributed by atoms with Gasteiger partial charge in [-0.3, -0.25) is 14.5 Å². The zero-order valence-electron chi connectivity index (χ0n) is 15.7. The van der Waals surface area contributed by atoms with Gasteiger partial charge >= 0.3 is 5.97 Å². The first kappa shape index (κ1) is 19.5. The number of esters is 1. The van der Waals surface area contributed by atoms with E-state index in [1.54, 1.807) is 19.3 Å². The third-order valence-corrected chi connectivity index (χ3v) is 4.70. The van der Waals surface area contributed by atoms with Crippen molar-refractivity contribution in [1.82, 2.24) is 19.8 Å². The van der Waals surface area contributed by atoms with Crippen LogP contribution in [0.25, 0.3) is 0 Å². The normalized spacial score (nSPS) is 20.5. The number of nitrogens with one attached hydrogen (secondary N) is 1. The Hall–Kier alpha value is -2.26. The number of nitrogens with zero attached hydrogens (tertiary/aromatic N) is 4. The predicted octanol–water partition coefficient (Wildman–Crippen LogP) is 0.275. The fraction of sp³-hybridized carbons (Fsp3) is 0.667. The van der Waals surface area contributed by atoms with Gasteiger partial charge in [0.1, 0.15) is 12.6 Å². The molecule has 2 fully saturated rings. The Morgan fingerprint density at radius 3 is 2.63 bits per heavy atom. The van der Waals surface area contributed by atoms with Crippen molar-refractivity contribution in [2.24, 2.45) is 0 Å². The molecule has 1 atom stereocenters. The molecule has 0 unspecified atom stereocenters. The Morgan fingerprint density at radius 1 is 1.26 bits per heavy atom. The van der Waals surface area contributed by atoms with Crippen LogP contribution in [0.4, 0.5) is 5.95 Å². The summed E-state index contributed by atoms with van der Waals surface area (Å²) in [5.41, 5.74) is 0.996. The van der Waals surface area contributed by atoms with E-state index in [-0.39, 0.29) is 24.5 Å². The van der Waals surface area contributed by atoms with Crippen LogP contribution in [-0.2, 0) is 25.6 Å². The van der Waals surface area contributed by atoms with Gasteiger partial charge in [0.2, 0.25) is 5.95 Å². The lowest BCUT2D eigenvalue weighted by Crippen LogP contribution is -2.51. The van der Waals surface area contributed by atoms with E-state index in [4.69, 9.17) is 9.47 Å². The van der Waals surface area contributed by atoms with Crippen molar-refractivity contribution in [2.75, 3.05) is 51.3 Å². The lowest BCUT2D eigenvalue weighted by molar-refractivity contribution is -0.143. The zero-order valence-corrected chi connectivity index (χ0v) is 15.7. The average Bonchev–Trinajstić information content (AvgIpc) is 3.23. The van der Waals surface area contributed by atoms with Gasteiger partial charge in [-0.05, 0) is 19.8 Å².